The number of H-pyrrole nitrogens is 2. The van der Waals surface area contributed by atoms with E-state index in [4.69, 9.17) is 11.5 Å². The molecule has 13 nitrogen and oxygen atoms in total. The number of para-hydroxylation sites is 1. The average molecular weight is 583 g/mol. The van der Waals surface area contributed by atoms with Crippen molar-refractivity contribution >= 4 is 34.6 Å². The van der Waals surface area contributed by atoms with E-state index in [9.17, 15) is 24.3 Å². The molecule has 0 spiro atoms. The van der Waals surface area contributed by atoms with Crippen LogP contribution >= 0.6 is 0 Å². The zero-order chi connectivity index (χ0) is 30.6. The maximum Gasteiger partial charge on any atom is 0.326 e. The summed E-state index contributed by atoms with van der Waals surface area (Å²) in [5.74, 6) is -2.89. The van der Waals surface area contributed by atoms with E-state index < -0.39 is 47.9 Å². The fraction of sp³-hybridized carbons (Fsp3) is 0.483. The van der Waals surface area contributed by atoms with Gasteiger partial charge in [0.25, 0.3) is 0 Å². The van der Waals surface area contributed by atoms with Gasteiger partial charge >= 0.3 is 5.97 Å². The van der Waals surface area contributed by atoms with Gasteiger partial charge in [-0.2, -0.15) is 0 Å². The number of nitrogens with zero attached hydrogens (tertiary/aromatic N) is 1. The Kier molecular flexibility index (Phi) is 12.1. The number of rotatable bonds is 17. The highest BCUT2D eigenvalue weighted by Crippen LogP contribution is 2.19. The van der Waals surface area contributed by atoms with E-state index in [0.29, 0.717) is 31.5 Å². The molecule has 0 saturated heterocycles. The third-order valence-electron chi connectivity index (χ3n) is 6.96. The predicted octanol–water partition coefficient (Wildman–Crippen LogP) is 0.718. The maximum absolute atomic E-state index is 13.5. The highest BCUT2D eigenvalue weighted by atomic mass is 16.4. The van der Waals surface area contributed by atoms with Gasteiger partial charge in [0.05, 0.1) is 12.4 Å². The number of carbonyl (C=O) groups is 4. The second-order valence-electron chi connectivity index (χ2n) is 10.9. The number of carbonyl (C=O) groups excluding carboxylic acids is 3. The Labute approximate surface area is 244 Å². The molecule has 2 aromatic heterocycles. The average Bonchev–Trinajstić information content (AvgIpc) is 3.61. The lowest BCUT2D eigenvalue weighted by molar-refractivity contribution is -0.142. The van der Waals surface area contributed by atoms with Gasteiger partial charge in [-0.15, -0.1) is 0 Å². The Balaban J connectivity index is 1.71. The first-order valence-electron chi connectivity index (χ1n) is 14.2. The molecule has 2 heterocycles. The van der Waals surface area contributed by atoms with Crippen LogP contribution in [0.5, 0.6) is 0 Å². The van der Waals surface area contributed by atoms with Crippen LogP contribution in [-0.2, 0) is 32.0 Å². The van der Waals surface area contributed by atoms with Gasteiger partial charge in [-0.05, 0) is 56.2 Å². The van der Waals surface area contributed by atoms with Crippen LogP contribution in [0.15, 0.2) is 43.0 Å². The number of benzene rings is 1. The Morgan fingerprint density at radius 1 is 0.929 bits per heavy atom. The van der Waals surface area contributed by atoms with E-state index >= 15 is 0 Å². The second kappa shape index (κ2) is 15.7. The number of imidazole rings is 1. The minimum Gasteiger partial charge on any atom is -0.480 e. The Morgan fingerprint density at radius 3 is 2.29 bits per heavy atom. The van der Waals surface area contributed by atoms with Crippen LogP contribution < -0.4 is 27.4 Å². The summed E-state index contributed by atoms with van der Waals surface area (Å²) in [5.41, 5.74) is 14.1. The molecule has 42 heavy (non-hydrogen) atoms. The molecule has 0 aliphatic carbocycles. The third-order valence-corrected chi connectivity index (χ3v) is 6.96. The summed E-state index contributed by atoms with van der Waals surface area (Å²) in [7, 11) is 0. The second-order valence-corrected chi connectivity index (χ2v) is 10.9. The van der Waals surface area contributed by atoms with Crippen molar-refractivity contribution in [3.8, 4) is 0 Å². The molecule has 0 saturated carbocycles. The SMILES string of the molecule is CC(C)CC(NC(=O)C(N)Cc1c[nH]c2ccccc12)C(=O)NC(Cc1cnc[nH]1)C(=O)NC(CCCCN)C(=O)O. The van der Waals surface area contributed by atoms with Crippen molar-refractivity contribution in [2.45, 2.75) is 76.5 Å². The molecule has 10 N–H and O–H groups in total. The number of unbranched alkanes of at least 4 members (excludes halogenated alkanes) is 1. The van der Waals surface area contributed by atoms with Gasteiger partial charge in [0, 0.05) is 35.4 Å². The van der Waals surface area contributed by atoms with Crippen molar-refractivity contribution in [2.24, 2.45) is 17.4 Å². The Bertz CT molecular complexity index is 1320. The fourth-order valence-corrected chi connectivity index (χ4v) is 4.73. The van der Waals surface area contributed by atoms with E-state index in [1.165, 1.54) is 12.5 Å². The van der Waals surface area contributed by atoms with E-state index in [-0.39, 0.29) is 25.2 Å². The molecule has 0 radical (unpaired) electrons. The van der Waals surface area contributed by atoms with Gasteiger partial charge in [-0.25, -0.2) is 9.78 Å². The van der Waals surface area contributed by atoms with Gasteiger partial charge < -0.3 is 42.5 Å². The molecular weight excluding hydrogens is 540 g/mol. The monoisotopic (exact) mass is 582 g/mol. The summed E-state index contributed by atoms with van der Waals surface area (Å²) in [6.45, 7) is 4.23. The summed E-state index contributed by atoms with van der Waals surface area (Å²) in [4.78, 5) is 61.7. The summed E-state index contributed by atoms with van der Waals surface area (Å²) in [6, 6.07) is 3.54. The first-order valence-corrected chi connectivity index (χ1v) is 14.2. The van der Waals surface area contributed by atoms with Gasteiger partial charge in [-0.3, -0.25) is 14.4 Å². The minimum atomic E-state index is -1.18. The summed E-state index contributed by atoms with van der Waals surface area (Å²) >= 11 is 0. The Morgan fingerprint density at radius 2 is 1.62 bits per heavy atom. The van der Waals surface area contributed by atoms with Crippen molar-refractivity contribution < 1.29 is 24.3 Å². The molecule has 3 rings (SSSR count). The van der Waals surface area contributed by atoms with E-state index in [1.807, 2.05) is 44.3 Å². The van der Waals surface area contributed by atoms with Crippen LogP contribution in [0.1, 0.15) is 50.8 Å². The van der Waals surface area contributed by atoms with Gasteiger partial charge in [0.15, 0.2) is 0 Å². The van der Waals surface area contributed by atoms with Crippen LogP contribution in [0.4, 0.5) is 0 Å². The molecule has 4 atom stereocenters. The number of hydrogen-bond donors (Lipinski definition) is 8. The topological polar surface area (TPSA) is 221 Å². The van der Waals surface area contributed by atoms with Crippen LogP contribution in [0.3, 0.4) is 0 Å². The molecule has 0 aliphatic heterocycles. The molecule has 4 unspecified atom stereocenters. The quantitative estimate of drug-likeness (QED) is 0.106. The first-order chi connectivity index (χ1) is 20.1. The predicted molar refractivity (Wildman–Crippen MR) is 158 cm³/mol. The first kappa shape index (κ1) is 32.3. The zero-order valence-electron chi connectivity index (χ0n) is 24.1. The fourth-order valence-electron chi connectivity index (χ4n) is 4.73. The molecule has 1 aromatic carbocycles. The van der Waals surface area contributed by atoms with Crippen molar-refractivity contribution in [3.63, 3.8) is 0 Å². The van der Waals surface area contributed by atoms with Crippen molar-refractivity contribution in [1.82, 2.24) is 30.9 Å². The number of nitrogens with one attached hydrogen (secondary N) is 5. The molecule has 3 amide bonds. The van der Waals surface area contributed by atoms with Crippen molar-refractivity contribution in [1.29, 1.82) is 0 Å². The number of fused-ring (bicyclic) bond motifs is 1. The molecule has 13 heteroatoms. The van der Waals surface area contributed by atoms with E-state index in [1.54, 1.807) is 0 Å². The summed E-state index contributed by atoms with van der Waals surface area (Å²) in [6.07, 6.45) is 6.70. The number of hydrogen-bond acceptors (Lipinski definition) is 7. The maximum atomic E-state index is 13.5. The van der Waals surface area contributed by atoms with Crippen LogP contribution in [0, 0.1) is 5.92 Å². The number of carboxylic acid groups (broad SMARTS) is 1. The number of nitrogens with two attached hydrogens (primary N) is 2. The van der Waals surface area contributed by atoms with Gasteiger partial charge in [0.1, 0.15) is 18.1 Å². The smallest absolute Gasteiger partial charge is 0.326 e. The summed E-state index contributed by atoms with van der Waals surface area (Å²) in [5, 5.41) is 18.6. The van der Waals surface area contributed by atoms with E-state index in [2.05, 4.69) is 30.9 Å². The number of amides is 3. The lowest BCUT2D eigenvalue weighted by atomic mass is 10.0. The van der Waals surface area contributed by atoms with E-state index in [0.717, 1.165) is 16.5 Å². The highest BCUT2D eigenvalue weighted by Gasteiger charge is 2.31. The minimum absolute atomic E-state index is 0.0321. The van der Waals surface area contributed by atoms with Crippen LogP contribution in [0.2, 0.25) is 0 Å². The van der Waals surface area contributed by atoms with Gasteiger partial charge in [0.2, 0.25) is 17.7 Å². The number of aromatic amines is 2. The zero-order valence-corrected chi connectivity index (χ0v) is 24.1. The Hall–Kier alpha value is -4.23. The highest BCUT2D eigenvalue weighted by molar-refractivity contribution is 5.94. The molecule has 0 fully saturated rings. The standard InChI is InChI=1S/C29H42N8O5/c1-17(2)11-24(36-26(38)21(31)12-18-14-33-22-8-4-3-7-20(18)22)27(39)37-25(13-19-15-32-16-34-19)28(40)35-23(29(41)42)9-5-6-10-30/h3-4,7-8,14-17,21,23-25,33H,5-6,9-13,30-31H2,1-2H3,(H,32,34)(H,35,40)(H,36,38)(H,37,39)(H,41,42). The van der Waals surface area contributed by atoms with Crippen LogP contribution in [0.25, 0.3) is 10.9 Å². The summed E-state index contributed by atoms with van der Waals surface area (Å²) < 4.78 is 0. The number of aromatic nitrogens is 3. The van der Waals surface area contributed by atoms with Crippen molar-refractivity contribution in [2.75, 3.05) is 6.54 Å². The lowest BCUT2D eigenvalue weighted by Crippen LogP contribution is -2.58. The van der Waals surface area contributed by atoms with Crippen LogP contribution in [-0.4, -0.2) is 74.5 Å². The molecule has 228 valence electrons. The third kappa shape index (κ3) is 9.42. The normalized spacial score (nSPS) is 14.2. The van der Waals surface area contributed by atoms with Gasteiger partial charge in [-0.1, -0.05) is 32.0 Å². The number of aliphatic carboxylic acids is 1. The molecule has 0 aliphatic rings. The number of carboxylic acids is 1. The largest absolute Gasteiger partial charge is 0.480 e. The molecule has 3 aromatic rings. The molecule has 0 bridgehead atoms. The van der Waals surface area contributed by atoms with Crippen molar-refractivity contribution in [3.05, 3.63) is 54.2 Å². The lowest BCUT2D eigenvalue weighted by Gasteiger charge is -2.26. The molecular formula is C29H42N8O5.